The van der Waals surface area contributed by atoms with Crippen molar-refractivity contribution in [3.8, 4) is 0 Å². The van der Waals surface area contributed by atoms with Gasteiger partial charge in [0.15, 0.2) is 12.4 Å². The largest absolute Gasteiger partial charge is 0.454 e. The van der Waals surface area contributed by atoms with Gasteiger partial charge in [-0.2, -0.15) is 0 Å². The Morgan fingerprint density at radius 1 is 0.829 bits per heavy atom. The summed E-state index contributed by atoms with van der Waals surface area (Å²) in [6.07, 6.45) is 3.11. The highest BCUT2D eigenvalue weighted by molar-refractivity contribution is 7.92. The minimum absolute atomic E-state index is 0.0255. The fourth-order valence-electron chi connectivity index (χ4n) is 3.56. The number of anilines is 1. The van der Waals surface area contributed by atoms with Crippen LogP contribution in [0, 0.1) is 20.8 Å². The molecule has 0 heterocycles. The Bertz CT molecular complexity index is 1330. The van der Waals surface area contributed by atoms with Gasteiger partial charge >= 0.3 is 5.97 Å². The average Bonchev–Trinajstić information content (AvgIpc) is 2.83. The van der Waals surface area contributed by atoms with Crippen molar-refractivity contribution in [2.24, 2.45) is 0 Å². The summed E-state index contributed by atoms with van der Waals surface area (Å²) in [5, 5.41) is 0. The van der Waals surface area contributed by atoms with Gasteiger partial charge in [0.25, 0.3) is 10.0 Å². The third kappa shape index (κ3) is 6.79. The molecule has 0 amide bonds. The number of nitrogens with one attached hydrogen (secondary N) is 1. The van der Waals surface area contributed by atoms with E-state index in [1.807, 2.05) is 32.0 Å². The van der Waals surface area contributed by atoms with Crippen LogP contribution >= 0.6 is 0 Å². The van der Waals surface area contributed by atoms with Crippen molar-refractivity contribution in [3.05, 3.63) is 94.0 Å². The van der Waals surface area contributed by atoms with Gasteiger partial charge < -0.3 is 4.74 Å². The Kier molecular flexibility index (Phi) is 8.46. The zero-order valence-corrected chi connectivity index (χ0v) is 21.4. The van der Waals surface area contributed by atoms with Gasteiger partial charge in [0, 0.05) is 11.3 Å². The number of ether oxygens (including phenoxy) is 1. The predicted octanol–water partition coefficient (Wildman–Crippen LogP) is 5.79. The average molecular weight is 494 g/mol. The Morgan fingerprint density at radius 2 is 1.49 bits per heavy atom. The standard InChI is InChI=1S/C28H31NO5S/c1-5-6-7-22-10-14-25(15-11-22)29-35(32,33)27-17-24(13-9-20(27)3)28(31)34-18-26(30)23-12-8-19(2)21(4)16-23/h8-17,29H,5-7,18H2,1-4H3. The highest BCUT2D eigenvalue weighted by Gasteiger charge is 2.21. The second-order valence-electron chi connectivity index (χ2n) is 8.68. The van der Waals surface area contributed by atoms with E-state index >= 15 is 0 Å². The van der Waals surface area contributed by atoms with Gasteiger partial charge in [-0.25, -0.2) is 13.2 Å². The number of carbonyl (C=O) groups is 2. The molecule has 0 saturated heterocycles. The fraction of sp³-hybridized carbons (Fsp3) is 0.286. The Balaban J connectivity index is 1.71. The number of sulfonamides is 1. The highest BCUT2D eigenvalue weighted by atomic mass is 32.2. The Hall–Kier alpha value is -3.45. The highest BCUT2D eigenvalue weighted by Crippen LogP contribution is 2.22. The SMILES string of the molecule is CCCCc1ccc(NS(=O)(=O)c2cc(C(=O)OCC(=O)c3ccc(C)c(C)c3)ccc2C)cc1. The summed E-state index contributed by atoms with van der Waals surface area (Å²) in [6.45, 7) is 7.20. The second-order valence-corrected chi connectivity index (χ2v) is 10.3. The van der Waals surface area contributed by atoms with Crippen molar-refractivity contribution in [1.82, 2.24) is 0 Å². The Morgan fingerprint density at radius 3 is 2.14 bits per heavy atom. The molecule has 3 aromatic carbocycles. The quantitative estimate of drug-likeness (QED) is 0.285. The van der Waals surface area contributed by atoms with E-state index in [0.717, 1.165) is 36.0 Å². The van der Waals surface area contributed by atoms with Crippen molar-refractivity contribution in [1.29, 1.82) is 0 Å². The van der Waals surface area contributed by atoms with Crippen molar-refractivity contribution < 1.29 is 22.7 Å². The minimum Gasteiger partial charge on any atom is -0.454 e. The number of unbranched alkanes of at least 4 members (excludes halogenated alkanes) is 1. The molecule has 7 heteroatoms. The summed E-state index contributed by atoms with van der Waals surface area (Å²) in [4.78, 5) is 25.0. The van der Waals surface area contributed by atoms with Crippen LogP contribution in [0.4, 0.5) is 5.69 Å². The van der Waals surface area contributed by atoms with Crippen molar-refractivity contribution in [3.63, 3.8) is 0 Å². The molecule has 0 radical (unpaired) electrons. The molecule has 0 aromatic heterocycles. The Labute approximate surface area is 207 Å². The number of hydrogen-bond acceptors (Lipinski definition) is 5. The van der Waals surface area contributed by atoms with E-state index in [9.17, 15) is 18.0 Å². The van der Waals surface area contributed by atoms with E-state index < -0.39 is 22.6 Å². The van der Waals surface area contributed by atoms with E-state index in [2.05, 4.69) is 11.6 Å². The first kappa shape index (κ1) is 26.2. The van der Waals surface area contributed by atoms with Crippen LogP contribution in [0.15, 0.2) is 65.6 Å². The normalized spacial score (nSPS) is 11.2. The van der Waals surface area contributed by atoms with Gasteiger partial charge in [0.05, 0.1) is 10.5 Å². The van der Waals surface area contributed by atoms with Crippen LogP contribution in [0.25, 0.3) is 0 Å². The lowest BCUT2D eigenvalue weighted by atomic mass is 10.0. The monoisotopic (exact) mass is 493 g/mol. The first-order chi connectivity index (χ1) is 16.6. The lowest BCUT2D eigenvalue weighted by Gasteiger charge is -2.12. The summed E-state index contributed by atoms with van der Waals surface area (Å²) in [7, 11) is -3.94. The molecule has 1 N–H and O–H groups in total. The molecule has 0 saturated carbocycles. The number of carbonyl (C=O) groups excluding carboxylic acids is 2. The van der Waals surface area contributed by atoms with Crippen LogP contribution in [-0.2, 0) is 21.2 Å². The van der Waals surface area contributed by atoms with Crippen LogP contribution < -0.4 is 4.72 Å². The lowest BCUT2D eigenvalue weighted by Crippen LogP contribution is -2.17. The molecule has 35 heavy (non-hydrogen) atoms. The zero-order valence-electron chi connectivity index (χ0n) is 20.6. The maximum absolute atomic E-state index is 13.0. The van der Waals surface area contributed by atoms with Crippen LogP contribution in [0.5, 0.6) is 0 Å². The zero-order chi connectivity index (χ0) is 25.6. The van der Waals surface area contributed by atoms with Gasteiger partial charge in [-0.15, -0.1) is 0 Å². The molecule has 0 unspecified atom stereocenters. The lowest BCUT2D eigenvalue weighted by molar-refractivity contribution is 0.0474. The maximum atomic E-state index is 13.0. The summed E-state index contributed by atoms with van der Waals surface area (Å²) in [5.41, 5.74) is 4.62. The summed E-state index contributed by atoms with van der Waals surface area (Å²) < 4.78 is 33.8. The predicted molar refractivity (Wildman–Crippen MR) is 138 cm³/mol. The molecule has 0 aliphatic carbocycles. The molecule has 3 aromatic rings. The molecule has 0 aliphatic heterocycles. The van der Waals surface area contributed by atoms with Crippen molar-refractivity contribution in [2.45, 2.75) is 51.9 Å². The van der Waals surface area contributed by atoms with Crippen LogP contribution in [0.3, 0.4) is 0 Å². The van der Waals surface area contributed by atoms with E-state index in [4.69, 9.17) is 4.74 Å². The van der Waals surface area contributed by atoms with Gasteiger partial charge in [-0.3, -0.25) is 9.52 Å². The van der Waals surface area contributed by atoms with Gasteiger partial charge in [-0.1, -0.05) is 43.7 Å². The number of ketones is 1. The summed E-state index contributed by atoms with van der Waals surface area (Å²) >= 11 is 0. The molecule has 184 valence electrons. The van der Waals surface area contributed by atoms with E-state index in [1.165, 1.54) is 12.1 Å². The van der Waals surface area contributed by atoms with Crippen molar-refractivity contribution in [2.75, 3.05) is 11.3 Å². The first-order valence-electron chi connectivity index (χ1n) is 11.6. The fourth-order valence-corrected chi connectivity index (χ4v) is 4.89. The summed E-state index contributed by atoms with van der Waals surface area (Å²) in [6, 6.07) is 16.9. The number of hydrogen-bond donors (Lipinski definition) is 1. The van der Waals surface area contributed by atoms with Gasteiger partial charge in [-0.05, 0) is 86.2 Å². The molecule has 0 aliphatic rings. The molecule has 0 atom stereocenters. The topological polar surface area (TPSA) is 89.5 Å². The molecule has 3 rings (SSSR count). The van der Waals surface area contributed by atoms with Crippen LogP contribution in [0.1, 0.15) is 62.7 Å². The number of rotatable bonds is 10. The minimum atomic E-state index is -3.94. The summed E-state index contributed by atoms with van der Waals surface area (Å²) in [5.74, 6) is -1.09. The first-order valence-corrected chi connectivity index (χ1v) is 13.1. The molecular formula is C28H31NO5S. The number of Topliss-reactive ketones (excluding diaryl/α,β-unsaturated/α-hetero) is 1. The van der Waals surface area contributed by atoms with E-state index in [-0.39, 0.29) is 16.2 Å². The molecule has 0 bridgehead atoms. The second kappa shape index (κ2) is 11.3. The molecule has 6 nitrogen and oxygen atoms in total. The third-order valence-corrected chi connectivity index (χ3v) is 7.43. The molecule has 0 spiro atoms. The van der Waals surface area contributed by atoms with E-state index in [1.54, 1.807) is 37.3 Å². The molecular weight excluding hydrogens is 462 g/mol. The number of aryl methyl sites for hydroxylation is 4. The number of esters is 1. The van der Waals surface area contributed by atoms with E-state index in [0.29, 0.717) is 16.8 Å². The maximum Gasteiger partial charge on any atom is 0.338 e. The number of benzene rings is 3. The van der Waals surface area contributed by atoms with Crippen LogP contribution in [-0.4, -0.2) is 26.8 Å². The van der Waals surface area contributed by atoms with Crippen LogP contribution in [0.2, 0.25) is 0 Å². The van der Waals surface area contributed by atoms with Crippen molar-refractivity contribution >= 4 is 27.5 Å². The van der Waals surface area contributed by atoms with Gasteiger partial charge in [0.1, 0.15) is 0 Å². The third-order valence-electron chi connectivity index (χ3n) is 5.90. The molecule has 0 fully saturated rings. The van der Waals surface area contributed by atoms with Gasteiger partial charge in [0.2, 0.25) is 0 Å². The smallest absolute Gasteiger partial charge is 0.338 e.